The molecule has 1 aromatic rings. The van der Waals surface area contributed by atoms with Crippen LogP contribution in [-0.4, -0.2) is 23.7 Å². The number of aliphatic hydroxyl groups is 1. The second-order valence-corrected chi connectivity index (χ2v) is 6.64. The third kappa shape index (κ3) is 6.58. The van der Waals surface area contributed by atoms with Gasteiger partial charge in [0.25, 0.3) is 0 Å². The first-order valence-electron chi connectivity index (χ1n) is 7.41. The van der Waals surface area contributed by atoms with Crippen LogP contribution in [0.5, 0.6) is 0 Å². The first-order valence-corrected chi connectivity index (χ1v) is 7.41. The second kappa shape index (κ2) is 7.41. The fourth-order valence-corrected chi connectivity index (χ4v) is 2.31. The molecule has 0 fully saturated rings. The van der Waals surface area contributed by atoms with E-state index < -0.39 is 0 Å². The molecular weight excluding hydrogens is 262 g/mol. The van der Waals surface area contributed by atoms with Crippen LogP contribution in [0.4, 0.5) is 0 Å². The van der Waals surface area contributed by atoms with Crippen molar-refractivity contribution in [2.24, 2.45) is 5.41 Å². The van der Waals surface area contributed by atoms with Crippen LogP contribution in [0.1, 0.15) is 45.2 Å². The average molecular weight is 289 g/mol. The summed E-state index contributed by atoms with van der Waals surface area (Å²) < 4.78 is 0. The molecular formula is C18H27NO2. The standard InChI is InChI=1S/C18H27NO2/c1-13-6-8-16(9-7-13)10-14(2)17(21)19-12-18(4,5)11-15(3)20/h6-10,15,20H,11-12H2,1-5H3,(H,19,21)/b14-10+. The third-order valence-corrected chi connectivity index (χ3v) is 3.39. The summed E-state index contributed by atoms with van der Waals surface area (Å²) in [5.41, 5.74) is 2.80. The zero-order chi connectivity index (χ0) is 16.0. The van der Waals surface area contributed by atoms with Gasteiger partial charge in [0.2, 0.25) is 5.91 Å². The minimum absolute atomic E-state index is 0.0609. The maximum absolute atomic E-state index is 12.1. The Hall–Kier alpha value is -1.61. The minimum Gasteiger partial charge on any atom is -0.393 e. The van der Waals surface area contributed by atoms with E-state index in [1.807, 2.05) is 58.0 Å². The molecule has 0 heterocycles. The van der Waals surface area contributed by atoms with Crippen molar-refractivity contribution < 1.29 is 9.90 Å². The Balaban J connectivity index is 2.60. The molecule has 0 saturated carbocycles. The second-order valence-electron chi connectivity index (χ2n) is 6.64. The van der Waals surface area contributed by atoms with Gasteiger partial charge in [-0.15, -0.1) is 0 Å². The van der Waals surface area contributed by atoms with Crippen molar-refractivity contribution in [2.45, 2.75) is 47.1 Å². The zero-order valence-electron chi connectivity index (χ0n) is 13.7. The molecule has 1 unspecified atom stereocenters. The van der Waals surface area contributed by atoms with Crippen LogP contribution in [0.3, 0.4) is 0 Å². The molecule has 0 aliphatic heterocycles. The van der Waals surface area contributed by atoms with Crippen LogP contribution < -0.4 is 5.32 Å². The van der Waals surface area contributed by atoms with E-state index in [1.165, 1.54) is 5.56 Å². The quantitative estimate of drug-likeness (QED) is 0.789. The molecule has 0 spiro atoms. The summed E-state index contributed by atoms with van der Waals surface area (Å²) >= 11 is 0. The Bertz CT molecular complexity index is 498. The van der Waals surface area contributed by atoms with E-state index in [0.29, 0.717) is 18.5 Å². The van der Waals surface area contributed by atoms with E-state index in [0.717, 1.165) is 5.56 Å². The fraction of sp³-hybridized carbons (Fsp3) is 0.500. The highest BCUT2D eigenvalue weighted by Crippen LogP contribution is 2.21. The molecule has 1 atom stereocenters. The molecule has 1 aromatic carbocycles. The van der Waals surface area contributed by atoms with Crippen LogP contribution in [0.2, 0.25) is 0 Å². The van der Waals surface area contributed by atoms with Gasteiger partial charge in [-0.3, -0.25) is 4.79 Å². The summed E-state index contributed by atoms with van der Waals surface area (Å²) in [6.07, 6.45) is 2.19. The van der Waals surface area contributed by atoms with Crippen molar-refractivity contribution in [1.29, 1.82) is 0 Å². The minimum atomic E-state index is -0.360. The largest absolute Gasteiger partial charge is 0.393 e. The lowest BCUT2D eigenvalue weighted by molar-refractivity contribution is -0.117. The van der Waals surface area contributed by atoms with Crippen molar-refractivity contribution in [3.05, 3.63) is 41.0 Å². The highest BCUT2D eigenvalue weighted by Gasteiger charge is 2.21. The Morgan fingerprint density at radius 1 is 1.33 bits per heavy atom. The van der Waals surface area contributed by atoms with E-state index in [-0.39, 0.29) is 17.4 Å². The number of nitrogens with one attached hydrogen (secondary N) is 1. The number of carbonyl (C=O) groups excluding carboxylic acids is 1. The van der Waals surface area contributed by atoms with E-state index in [2.05, 4.69) is 5.32 Å². The lowest BCUT2D eigenvalue weighted by atomic mass is 9.87. The zero-order valence-corrected chi connectivity index (χ0v) is 13.7. The van der Waals surface area contributed by atoms with Gasteiger partial charge in [-0.25, -0.2) is 0 Å². The molecule has 21 heavy (non-hydrogen) atoms. The van der Waals surface area contributed by atoms with Gasteiger partial charge in [0.15, 0.2) is 0 Å². The van der Waals surface area contributed by atoms with Gasteiger partial charge in [0.05, 0.1) is 6.10 Å². The van der Waals surface area contributed by atoms with Gasteiger partial charge in [-0.1, -0.05) is 43.7 Å². The molecule has 1 rings (SSSR count). The number of aliphatic hydroxyl groups excluding tert-OH is 1. The number of hydrogen-bond acceptors (Lipinski definition) is 2. The lowest BCUT2D eigenvalue weighted by Crippen LogP contribution is -2.36. The van der Waals surface area contributed by atoms with Gasteiger partial charge in [-0.05, 0) is 44.2 Å². The number of carbonyl (C=O) groups is 1. The Labute approximate surface area is 128 Å². The lowest BCUT2D eigenvalue weighted by Gasteiger charge is -2.26. The molecule has 3 heteroatoms. The topological polar surface area (TPSA) is 49.3 Å². The van der Waals surface area contributed by atoms with Crippen molar-refractivity contribution in [1.82, 2.24) is 5.32 Å². The van der Waals surface area contributed by atoms with Gasteiger partial charge in [0.1, 0.15) is 0 Å². The number of amides is 1. The van der Waals surface area contributed by atoms with E-state index in [9.17, 15) is 9.90 Å². The average Bonchev–Trinajstić information content (AvgIpc) is 2.37. The van der Waals surface area contributed by atoms with E-state index in [4.69, 9.17) is 0 Å². The molecule has 0 aliphatic rings. The van der Waals surface area contributed by atoms with Crippen LogP contribution in [0.15, 0.2) is 29.8 Å². The first kappa shape index (κ1) is 17.4. The summed E-state index contributed by atoms with van der Waals surface area (Å²) in [4.78, 5) is 12.1. The summed E-state index contributed by atoms with van der Waals surface area (Å²) in [5, 5.41) is 12.4. The van der Waals surface area contributed by atoms with Crippen LogP contribution >= 0.6 is 0 Å². The molecule has 116 valence electrons. The summed E-state index contributed by atoms with van der Waals surface area (Å²) in [6, 6.07) is 8.07. The molecule has 0 saturated heterocycles. The molecule has 0 aliphatic carbocycles. The molecule has 1 amide bonds. The predicted molar refractivity (Wildman–Crippen MR) is 87.9 cm³/mol. The third-order valence-electron chi connectivity index (χ3n) is 3.39. The summed E-state index contributed by atoms with van der Waals surface area (Å²) in [6.45, 7) is 10.3. The number of aryl methyl sites for hydroxylation is 1. The maximum Gasteiger partial charge on any atom is 0.246 e. The highest BCUT2D eigenvalue weighted by atomic mass is 16.3. The number of hydrogen-bond donors (Lipinski definition) is 2. The van der Waals surface area contributed by atoms with Crippen LogP contribution in [-0.2, 0) is 4.79 Å². The predicted octanol–water partition coefficient (Wildman–Crippen LogP) is 3.31. The van der Waals surface area contributed by atoms with Crippen LogP contribution in [0, 0.1) is 12.3 Å². The Morgan fingerprint density at radius 2 is 1.90 bits per heavy atom. The van der Waals surface area contributed by atoms with Crippen molar-refractivity contribution in [2.75, 3.05) is 6.54 Å². The van der Waals surface area contributed by atoms with E-state index in [1.54, 1.807) is 6.92 Å². The smallest absolute Gasteiger partial charge is 0.246 e. The van der Waals surface area contributed by atoms with Crippen molar-refractivity contribution >= 4 is 12.0 Å². The van der Waals surface area contributed by atoms with E-state index >= 15 is 0 Å². The summed E-state index contributed by atoms with van der Waals surface area (Å²) in [7, 11) is 0. The van der Waals surface area contributed by atoms with Gasteiger partial charge in [0, 0.05) is 12.1 Å². The number of rotatable bonds is 6. The van der Waals surface area contributed by atoms with Crippen LogP contribution in [0.25, 0.3) is 6.08 Å². The highest BCUT2D eigenvalue weighted by molar-refractivity contribution is 5.97. The molecule has 2 N–H and O–H groups in total. The Kier molecular flexibility index (Phi) is 6.16. The van der Waals surface area contributed by atoms with Gasteiger partial charge < -0.3 is 10.4 Å². The van der Waals surface area contributed by atoms with Gasteiger partial charge in [-0.2, -0.15) is 0 Å². The first-order chi connectivity index (χ1) is 9.69. The Morgan fingerprint density at radius 3 is 2.43 bits per heavy atom. The normalized spacial score (nSPS) is 13.9. The maximum atomic E-state index is 12.1. The van der Waals surface area contributed by atoms with Crippen molar-refractivity contribution in [3.63, 3.8) is 0 Å². The molecule has 3 nitrogen and oxygen atoms in total. The monoisotopic (exact) mass is 289 g/mol. The molecule has 0 bridgehead atoms. The SMILES string of the molecule is C/C(=C\c1ccc(C)cc1)C(=O)NCC(C)(C)CC(C)O. The number of benzene rings is 1. The molecule has 0 aromatic heterocycles. The van der Waals surface area contributed by atoms with Crippen molar-refractivity contribution in [3.8, 4) is 0 Å². The fourth-order valence-electron chi connectivity index (χ4n) is 2.31. The molecule has 0 radical (unpaired) electrons. The van der Waals surface area contributed by atoms with Gasteiger partial charge >= 0.3 is 0 Å². The summed E-state index contributed by atoms with van der Waals surface area (Å²) in [5.74, 6) is -0.0609.